The maximum atomic E-state index is 14.0. The molecule has 11 nitrogen and oxygen atoms in total. The second-order valence-corrected chi connectivity index (χ2v) is 10.2. The van der Waals surface area contributed by atoms with E-state index in [4.69, 9.17) is 19.2 Å². The number of methoxy groups -OCH3 is 2. The minimum Gasteiger partial charge on any atom is -0.493 e. The number of fused-ring (bicyclic) bond motifs is 3. The van der Waals surface area contributed by atoms with E-state index in [1.54, 1.807) is 16.2 Å². The minimum atomic E-state index is -0.353. The third kappa shape index (κ3) is 5.41. The summed E-state index contributed by atoms with van der Waals surface area (Å²) in [6.45, 7) is 9.45. The molecule has 1 amide bonds. The second kappa shape index (κ2) is 12.0. The lowest BCUT2D eigenvalue weighted by Crippen LogP contribution is -2.44. The average molecular weight is 573 g/mol. The van der Waals surface area contributed by atoms with Crippen molar-refractivity contribution in [2.75, 3.05) is 27.4 Å². The summed E-state index contributed by atoms with van der Waals surface area (Å²) in [5.41, 5.74) is 7.30. The number of rotatable bonds is 9. The maximum absolute atomic E-state index is 14.0. The number of benzene rings is 2. The molecule has 2 N–H and O–H groups in total. The van der Waals surface area contributed by atoms with Crippen molar-refractivity contribution in [3.05, 3.63) is 80.3 Å². The molecular weight excluding hydrogens is 536 g/mol. The van der Waals surface area contributed by atoms with Gasteiger partial charge in [0.15, 0.2) is 11.5 Å². The van der Waals surface area contributed by atoms with Gasteiger partial charge in [0, 0.05) is 31.3 Å². The lowest BCUT2D eigenvalue weighted by atomic mass is 9.97. The minimum absolute atomic E-state index is 0.197. The second-order valence-electron chi connectivity index (χ2n) is 10.2. The number of aryl methyl sites for hydroxylation is 4. The summed E-state index contributed by atoms with van der Waals surface area (Å²) in [4.78, 5) is 31.9. The molecule has 0 radical (unpaired) electrons. The van der Waals surface area contributed by atoms with E-state index in [2.05, 4.69) is 27.6 Å². The normalized spacial score (nSPS) is 12.5. The Morgan fingerprint density at radius 2 is 1.83 bits per heavy atom. The first-order chi connectivity index (χ1) is 20.2. The number of H-pyrrole nitrogens is 1. The van der Waals surface area contributed by atoms with Crippen LogP contribution in [0.25, 0.3) is 11.3 Å². The van der Waals surface area contributed by atoms with E-state index in [0.29, 0.717) is 36.6 Å². The highest BCUT2D eigenvalue weighted by Crippen LogP contribution is 2.37. The summed E-state index contributed by atoms with van der Waals surface area (Å²) in [5, 5.41) is 9.38. The molecule has 4 aromatic rings. The predicted octanol–water partition coefficient (Wildman–Crippen LogP) is 3.60. The van der Waals surface area contributed by atoms with Gasteiger partial charge in [-0.05, 0) is 62.9 Å². The number of hydrogen-bond acceptors (Lipinski definition) is 7. The highest BCUT2D eigenvalue weighted by Gasteiger charge is 2.23. The molecule has 0 atom stereocenters. The standard InChI is InChI=1S/C31H36N6O5/c1-7-42-26-14-21-8-10-36-24(22(21)15-25(26)40-5)16-27(34-28-19(3)12-18(2)13-20(28)4)37(31(36)39)11-9-32-29(38)23-17-33-35-30(23)41-6/h12-17H,7-11H2,1-6H3,(H,32,38)(H,33,35). The van der Waals surface area contributed by atoms with Crippen LogP contribution in [0.15, 0.2) is 46.3 Å². The number of aromatic amines is 1. The topological polar surface area (TPSA) is 125 Å². The van der Waals surface area contributed by atoms with Gasteiger partial charge in [0.1, 0.15) is 11.1 Å². The van der Waals surface area contributed by atoms with E-state index < -0.39 is 0 Å². The number of hydrogen-bond donors (Lipinski definition) is 2. The SMILES string of the molecule is CCOc1cc2c(cc1OC)-c1cc(=Nc3c(C)cc(C)cc3C)n(CCNC(=O)c3cn[nH]c3OC)c(=O)n1CC2. The molecule has 0 fully saturated rings. The maximum Gasteiger partial charge on any atom is 0.330 e. The molecule has 0 aliphatic carbocycles. The van der Waals surface area contributed by atoms with E-state index in [9.17, 15) is 9.59 Å². The number of nitrogens with one attached hydrogen (secondary N) is 2. The number of amides is 1. The quantitative estimate of drug-likeness (QED) is 0.316. The third-order valence-electron chi connectivity index (χ3n) is 7.40. The number of nitrogens with zero attached hydrogens (tertiary/aromatic N) is 4. The van der Waals surface area contributed by atoms with Crippen molar-refractivity contribution in [1.82, 2.24) is 24.6 Å². The molecule has 2 aromatic carbocycles. The van der Waals surface area contributed by atoms with Crippen LogP contribution in [0.3, 0.4) is 0 Å². The Morgan fingerprint density at radius 3 is 2.52 bits per heavy atom. The number of aromatic nitrogens is 4. The van der Waals surface area contributed by atoms with Crippen LogP contribution in [0.5, 0.6) is 17.4 Å². The Labute approximate surface area is 243 Å². The molecule has 2 aromatic heterocycles. The van der Waals surface area contributed by atoms with Crippen molar-refractivity contribution in [3.8, 4) is 28.6 Å². The number of carbonyl (C=O) groups excluding carboxylic acids is 1. The van der Waals surface area contributed by atoms with Crippen LogP contribution in [-0.2, 0) is 19.5 Å². The monoisotopic (exact) mass is 572 g/mol. The summed E-state index contributed by atoms with van der Waals surface area (Å²) in [6.07, 6.45) is 2.07. The predicted molar refractivity (Wildman–Crippen MR) is 159 cm³/mol. The zero-order valence-electron chi connectivity index (χ0n) is 24.8. The van der Waals surface area contributed by atoms with Crippen molar-refractivity contribution in [1.29, 1.82) is 0 Å². The summed E-state index contributed by atoms with van der Waals surface area (Å²) < 4.78 is 20.0. The van der Waals surface area contributed by atoms with E-state index in [1.165, 1.54) is 13.3 Å². The molecule has 5 rings (SSSR count). The Balaban J connectivity index is 1.62. The molecule has 0 saturated heterocycles. The van der Waals surface area contributed by atoms with Crippen LogP contribution in [-0.4, -0.2) is 52.6 Å². The van der Waals surface area contributed by atoms with Gasteiger partial charge < -0.3 is 19.5 Å². The van der Waals surface area contributed by atoms with Gasteiger partial charge in [-0.3, -0.25) is 13.9 Å². The van der Waals surface area contributed by atoms with Crippen molar-refractivity contribution < 1.29 is 19.0 Å². The Morgan fingerprint density at radius 1 is 1.07 bits per heavy atom. The fraction of sp³-hybridized carbons (Fsp3) is 0.355. The lowest BCUT2D eigenvalue weighted by molar-refractivity contribution is 0.0949. The molecule has 1 aliphatic rings. The zero-order valence-corrected chi connectivity index (χ0v) is 24.8. The van der Waals surface area contributed by atoms with Gasteiger partial charge in [0.05, 0.1) is 38.4 Å². The largest absolute Gasteiger partial charge is 0.493 e. The fourth-order valence-electron chi connectivity index (χ4n) is 5.51. The molecule has 0 saturated carbocycles. The average Bonchev–Trinajstić information content (AvgIpc) is 3.45. The van der Waals surface area contributed by atoms with Gasteiger partial charge in [-0.1, -0.05) is 17.7 Å². The van der Waals surface area contributed by atoms with Gasteiger partial charge >= 0.3 is 5.69 Å². The summed E-state index contributed by atoms with van der Waals surface area (Å²) in [7, 11) is 3.07. The molecule has 3 heterocycles. The van der Waals surface area contributed by atoms with Crippen LogP contribution < -0.4 is 30.7 Å². The highest BCUT2D eigenvalue weighted by atomic mass is 16.5. The first-order valence-electron chi connectivity index (χ1n) is 13.9. The highest BCUT2D eigenvalue weighted by molar-refractivity contribution is 5.96. The van der Waals surface area contributed by atoms with Crippen LogP contribution >= 0.6 is 0 Å². The first kappa shape index (κ1) is 28.7. The van der Waals surface area contributed by atoms with Gasteiger partial charge in [-0.2, -0.15) is 5.10 Å². The summed E-state index contributed by atoms with van der Waals surface area (Å²) in [5.74, 6) is 1.21. The van der Waals surface area contributed by atoms with Crippen molar-refractivity contribution in [2.24, 2.45) is 4.99 Å². The molecule has 42 heavy (non-hydrogen) atoms. The smallest absolute Gasteiger partial charge is 0.330 e. The van der Waals surface area contributed by atoms with Crippen LogP contribution in [0.4, 0.5) is 5.69 Å². The van der Waals surface area contributed by atoms with Crippen LogP contribution in [0.1, 0.15) is 39.5 Å². The lowest BCUT2D eigenvalue weighted by Gasteiger charge is -2.25. The van der Waals surface area contributed by atoms with Crippen LogP contribution in [0, 0.1) is 20.8 Å². The van der Waals surface area contributed by atoms with Crippen molar-refractivity contribution in [2.45, 2.75) is 47.2 Å². The Kier molecular flexibility index (Phi) is 8.19. The molecular formula is C31H36N6O5. The van der Waals surface area contributed by atoms with Crippen LogP contribution in [0.2, 0.25) is 0 Å². The van der Waals surface area contributed by atoms with E-state index in [-0.39, 0.29) is 36.1 Å². The number of carbonyl (C=O) groups is 1. The molecule has 11 heteroatoms. The van der Waals surface area contributed by atoms with E-state index in [1.807, 2.05) is 45.9 Å². The molecule has 0 bridgehead atoms. The van der Waals surface area contributed by atoms with Crippen molar-refractivity contribution in [3.63, 3.8) is 0 Å². The number of ether oxygens (including phenoxy) is 3. The van der Waals surface area contributed by atoms with Gasteiger partial charge in [0.2, 0.25) is 5.88 Å². The first-order valence-corrected chi connectivity index (χ1v) is 13.9. The van der Waals surface area contributed by atoms with Gasteiger partial charge in [0.25, 0.3) is 5.91 Å². The zero-order chi connectivity index (χ0) is 30.0. The summed E-state index contributed by atoms with van der Waals surface area (Å²) in [6, 6.07) is 10.0. The summed E-state index contributed by atoms with van der Waals surface area (Å²) >= 11 is 0. The Bertz CT molecular complexity index is 1760. The van der Waals surface area contributed by atoms with Gasteiger partial charge in [-0.25, -0.2) is 14.9 Å². The molecule has 220 valence electrons. The van der Waals surface area contributed by atoms with Gasteiger partial charge in [-0.15, -0.1) is 0 Å². The molecule has 0 spiro atoms. The fourth-order valence-corrected chi connectivity index (χ4v) is 5.51. The third-order valence-corrected chi connectivity index (χ3v) is 7.40. The molecule has 1 aliphatic heterocycles. The Hall–Kier alpha value is -4.80. The van der Waals surface area contributed by atoms with Crippen molar-refractivity contribution >= 4 is 11.6 Å². The molecule has 0 unspecified atom stereocenters. The van der Waals surface area contributed by atoms with E-state index in [0.717, 1.165) is 39.2 Å². The van der Waals surface area contributed by atoms with E-state index >= 15 is 0 Å².